The number of benzene rings is 1. The topological polar surface area (TPSA) is 64.4 Å². The number of primary amides is 1. The molecule has 4 unspecified atom stereocenters. The van der Waals surface area contributed by atoms with Crippen molar-refractivity contribution >= 4 is 5.91 Å². The van der Waals surface area contributed by atoms with Crippen LogP contribution in [0.4, 0.5) is 0 Å². The van der Waals surface area contributed by atoms with Crippen LogP contribution < -0.4 is 15.8 Å². The average molecular weight is 288 g/mol. The van der Waals surface area contributed by atoms with Crippen LogP contribution in [0.5, 0.6) is 5.75 Å². The van der Waals surface area contributed by atoms with Crippen molar-refractivity contribution in [3.05, 3.63) is 29.8 Å². The van der Waals surface area contributed by atoms with E-state index in [0.717, 1.165) is 30.6 Å². The minimum atomic E-state index is -0.222. The van der Waals surface area contributed by atoms with Crippen LogP contribution in [0, 0.1) is 11.8 Å². The summed E-state index contributed by atoms with van der Waals surface area (Å²) in [6, 6.07) is 8.44. The van der Waals surface area contributed by atoms with Crippen LogP contribution in [0.1, 0.15) is 44.7 Å². The molecule has 1 heterocycles. The molecule has 4 nitrogen and oxygen atoms in total. The zero-order valence-corrected chi connectivity index (χ0v) is 12.7. The van der Waals surface area contributed by atoms with Gasteiger partial charge in [-0.3, -0.25) is 4.79 Å². The molecule has 0 bridgehead atoms. The van der Waals surface area contributed by atoms with Gasteiger partial charge in [-0.2, -0.15) is 0 Å². The van der Waals surface area contributed by atoms with E-state index in [1.165, 1.54) is 0 Å². The monoisotopic (exact) mass is 288 g/mol. The number of nitrogens with two attached hydrogens (primary N) is 1. The van der Waals surface area contributed by atoms with E-state index in [2.05, 4.69) is 31.3 Å². The van der Waals surface area contributed by atoms with Crippen molar-refractivity contribution in [2.24, 2.45) is 17.6 Å². The van der Waals surface area contributed by atoms with E-state index in [1.807, 2.05) is 12.1 Å². The van der Waals surface area contributed by atoms with Crippen molar-refractivity contribution in [2.75, 3.05) is 0 Å². The fraction of sp³-hybridized carbons (Fsp3) is 0.588. The summed E-state index contributed by atoms with van der Waals surface area (Å²) in [6.07, 6.45) is 3.64. The van der Waals surface area contributed by atoms with Crippen molar-refractivity contribution in [3.8, 4) is 5.75 Å². The van der Waals surface area contributed by atoms with Crippen molar-refractivity contribution < 1.29 is 9.53 Å². The number of ether oxygens (including phenoxy) is 1. The third-order valence-corrected chi connectivity index (χ3v) is 4.53. The van der Waals surface area contributed by atoms with Gasteiger partial charge in [-0.15, -0.1) is 0 Å². The van der Waals surface area contributed by atoms with Crippen LogP contribution in [-0.2, 0) is 4.79 Å². The zero-order chi connectivity index (χ0) is 15.0. The molecule has 0 aromatic heterocycles. The summed E-state index contributed by atoms with van der Waals surface area (Å²) >= 11 is 0. The van der Waals surface area contributed by atoms with Gasteiger partial charge in [0.1, 0.15) is 5.75 Å². The predicted octanol–water partition coefficient (Wildman–Crippen LogP) is 2.39. The smallest absolute Gasteiger partial charge is 0.222 e. The molecule has 0 spiro atoms. The van der Waals surface area contributed by atoms with Crippen LogP contribution in [0.2, 0.25) is 0 Å². The molecule has 4 atom stereocenters. The third kappa shape index (κ3) is 3.21. The van der Waals surface area contributed by atoms with E-state index in [1.54, 1.807) is 0 Å². The summed E-state index contributed by atoms with van der Waals surface area (Å²) < 4.78 is 5.86. The molecule has 1 saturated carbocycles. The van der Waals surface area contributed by atoms with Gasteiger partial charge in [-0.25, -0.2) is 0 Å². The number of piperidine rings is 1. The summed E-state index contributed by atoms with van der Waals surface area (Å²) in [5.74, 6) is 0.792. The number of nitrogens with one attached hydrogen (secondary N) is 1. The second-order valence-electron chi connectivity index (χ2n) is 6.58. The van der Waals surface area contributed by atoms with E-state index < -0.39 is 0 Å². The van der Waals surface area contributed by atoms with Crippen molar-refractivity contribution in [3.63, 3.8) is 0 Å². The molecule has 1 aromatic carbocycles. The first-order valence-corrected chi connectivity index (χ1v) is 7.86. The molecule has 2 aliphatic rings. The van der Waals surface area contributed by atoms with Gasteiger partial charge >= 0.3 is 0 Å². The number of hydrogen-bond donors (Lipinski definition) is 2. The second kappa shape index (κ2) is 5.68. The maximum atomic E-state index is 11.9. The minimum Gasteiger partial charge on any atom is -0.490 e. The van der Waals surface area contributed by atoms with Crippen LogP contribution in [-0.4, -0.2) is 18.1 Å². The summed E-state index contributed by atoms with van der Waals surface area (Å²) in [5.41, 5.74) is 6.74. The first kappa shape index (κ1) is 14.4. The molecule has 1 saturated heterocycles. The van der Waals surface area contributed by atoms with Gasteiger partial charge in [0.15, 0.2) is 0 Å². The Hall–Kier alpha value is -1.55. The van der Waals surface area contributed by atoms with Gasteiger partial charge in [0.05, 0.1) is 12.0 Å². The first-order valence-electron chi connectivity index (χ1n) is 7.86. The number of rotatable bonds is 4. The Morgan fingerprint density at radius 3 is 2.76 bits per heavy atom. The zero-order valence-electron chi connectivity index (χ0n) is 12.7. The number of hydrogen-bond acceptors (Lipinski definition) is 3. The molecule has 4 heteroatoms. The lowest BCUT2D eigenvalue weighted by Crippen LogP contribution is -2.49. The molecule has 1 aliphatic carbocycles. The fourth-order valence-electron chi connectivity index (χ4n) is 3.42. The maximum Gasteiger partial charge on any atom is 0.222 e. The van der Waals surface area contributed by atoms with Crippen LogP contribution >= 0.6 is 0 Å². The Kier molecular flexibility index (Phi) is 3.89. The lowest BCUT2D eigenvalue weighted by Gasteiger charge is -2.39. The lowest BCUT2D eigenvalue weighted by atomic mass is 9.76. The van der Waals surface area contributed by atoms with Crippen LogP contribution in [0.3, 0.4) is 0 Å². The van der Waals surface area contributed by atoms with E-state index in [-0.39, 0.29) is 23.8 Å². The second-order valence-corrected chi connectivity index (χ2v) is 6.58. The summed E-state index contributed by atoms with van der Waals surface area (Å²) in [6.45, 7) is 4.27. The largest absolute Gasteiger partial charge is 0.490 e. The Morgan fingerprint density at radius 2 is 2.10 bits per heavy atom. The molecule has 1 amide bonds. The Balaban J connectivity index is 1.86. The Bertz CT molecular complexity index is 527. The van der Waals surface area contributed by atoms with E-state index in [0.29, 0.717) is 12.1 Å². The van der Waals surface area contributed by atoms with Gasteiger partial charge in [-0.05, 0) is 49.8 Å². The summed E-state index contributed by atoms with van der Waals surface area (Å²) in [4.78, 5) is 11.9. The first-order chi connectivity index (χ1) is 10.0. The molecule has 1 aliphatic heterocycles. The van der Waals surface area contributed by atoms with Gasteiger partial charge in [-0.1, -0.05) is 19.1 Å². The highest BCUT2D eigenvalue weighted by Crippen LogP contribution is 2.37. The van der Waals surface area contributed by atoms with Gasteiger partial charge in [0, 0.05) is 12.1 Å². The SMILES string of the molecule is CC1CC(C)C(C(N)=O)C(c2cccc(OC3CC3)c2)N1. The molecule has 3 N–H and O–H groups in total. The average Bonchev–Trinajstić information content (AvgIpc) is 3.21. The third-order valence-electron chi connectivity index (χ3n) is 4.53. The molecule has 114 valence electrons. The number of amides is 1. The Labute approximate surface area is 126 Å². The molecular weight excluding hydrogens is 264 g/mol. The van der Waals surface area contributed by atoms with Gasteiger partial charge in [0.2, 0.25) is 5.91 Å². The number of carbonyl (C=O) groups excluding carboxylic acids is 1. The molecular formula is C17H24N2O2. The van der Waals surface area contributed by atoms with E-state index in [4.69, 9.17) is 10.5 Å². The molecule has 0 radical (unpaired) electrons. The van der Waals surface area contributed by atoms with E-state index in [9.17, 15) is 4.79 Å². The van der Waals surface area contributed by atoms with Crippen molar-refractivity contribution in [1.29, 1.82) is 0 Å². The fourth-order valence-corrected chi connectivity index (χ4v) is 3.42. The maximum absolute atomic E-state index is 11.9. The van der Waals surface area contributed by atoms with Gasteiger partial charge < -0.3 is 15.8 Å². The highest BCUT2D eigenvalue weighted by Gasteiger charge is 2.38. The molecule has 1 aromatic rings. The van der Waals surface area contributed by atoms with E-state index >= 15 is 0 Å². The van der Waals surface area contributed by atoms with Crippen molar-refractivity contribution in [2.45, 2.75) is 51.3 Å². The quantitative estimate of drug-likeness (QED) is 0.894. The standard InChI is InChI=1S/C17H24N2O2/c1-10-8-11(2)19-16(15(10)17(18)20)12-4-3-5-14(9-12)21-13-6-7-13/h3-5,9-11,13,15-16,19H,6-8H2,1-2H3,(H2,18,20). The molecule has 21 heavy (non-hydrogen) atoms. The normalized spacial score (nSPS) is 32.7. The summed E-state index contributed by atoms with van der Waals surface area (Å²) in [7, 11) is 0. The van der Waals surface area contributed by atoms with Crippen LogP contribution in [0.25, 0.3) is 0 Å². The predicted molar refractivity (Wildman–Crippen MR) is 81.9 cm³/mol. The number of carbonyl (C=O) groups is 1. The molecule has 3 rings (SSSR count). The van der Waals surface area contributed by atoms with Crippen molar-refractivity contribution in [1.82, 2.24) is 5.32 Å². The highest BCUT2D eigenvalue weighted by molar-refractivity contribution is 5.78. The molecule has 2 fully saturated rings. The lowest BCUT2D eigenvalue weighted by molar-refractivity contribution is -0.125. The summed E-state index contributed by atoms with van der Waals surface area (Å²) in [5, 5.41) is 3.53. The highest BCUT2D eigenvalue weighted by atomic mass is 16.5. The minimum absolute atomic E-state index is 0.0241. The van der Waals surface area contributed by atoms with Crippen LogP contribution in [0.15, 0.2) is 24.3 Å². The van der Waals surface area contributed by atoms with Gasteiger partial charge in [0.25, 0.3) is 0 Å². The Morgan fingerprint density at radius 1 is 1.33 bits per heavy atom.